The van der Waals surface area contributed by atoms with Crippen LogP contribution in [-0.4, -0.2) is 11.5 Å². The summed E-state index contributed by atoms with van der Waals surface area (Å²) in [5, 5.41) is 0.559. The summed E-state index contributed by atoms with van der Waals surface area (Å²) in [5.74, 6) is 0. The van der Waals surface area contributed by atoms with E-state index in [9.17, 15) is 0 Å². The second kappa shape index (κ2) is 3.87. The number of nitrogens with zero attached hydrogens (tertiary/aromatic N) is 1. The first-order chi connectivity index (χ1) is 6.74. The van der Waals surface area contributed by atoms with Crippen LogP contribution in [-0.2, 0) is 6.42 Å². The van der Waals surface area contributed by atoms with E-state index in [4.69, 9.17) is 17.3 Å². The van der Waals surface area contributed by atoms with Crippen LogP contribution in [0.15, 0.2) is 18.3 Å². The summed E-state index contributed by atoms with van der Waals surface area (Å²) in [5.41, 5.74) is 7.41. The first-order valence-corrected chi connectivity index (χ1v) is 5.42. The van der Waals surface area contributed by atoms with Gasteiger partial charge in [-0.2, -0.15) is 0 Å². The number of halogens is 1. The highest BCUT2D eigenvalue weighted by Crippen LogP contribution is 2.42. The standard InChI is InChI=1S/C11H15ClN2/c12-10-3-2-9(7-14-10)6-11(8-13)4-1-5-11/h2-3,7H,1,4-6,8,13H2. The molecule has 1 aliphatic carbocycles. The van der Waals surface area contributed by atoms with E-state index in [0.717, 1.165) is 13.0 Å². The molecule has 0 bridgehead atoms. The molecule has 1 aromatic heterocycles. The Balaban J connectivity index is 2.06. The first-order valence-electron chi connectivity index (χ1n) is 5.05. The van der Waals surface area contributed by atoms with Gasteiger partial charge in [0, 0.05) is 6.20 Å². The van der Waals surface area contributed by atoms with Crippen LogP contribution in [0.1, 0.15) is 24.8 Å². The predicted molar refractivity (Wildman–Crippen MR) is 58.3 cm³/mol. The van der Waals surface area contributed by atoms with Crippen molar-refractivity contribution < 1.29 is 0 Å². The summed E-state index contributed by atoms with van der Waals surface area (Å²) in [6.07, 6.45) is 6.74. The highest BCUT2D eigenvalue weighted by atomic mass is 35.5. The zero-order valence-corrected chi connectivity index (χ0v) is 8.93. The maximum absolute atomic E-state index is 5.80. The Kier molecular flexibility index (Phi) is 2.75. The third-order valence-electron chi connectivity index (χ3n) is 3.21. The lowest BCUT2D eigenvalue weighted by Gasteiger charge is -2.41. The van der Waals surface area contributed by atoms with E-state index in [2.05, 4.69) is 4.98 Å². The molecular weight excluding hydrogens is 196 g/mol. The lowest BCUT2D eigenvalue weighted by Crippen LogP contribution is -2.39. The van der Waals surface area contributed by atoms with Crippen molar-refractivity contribution in [3.05, 3.63) is 29.0 Å². The molecule has 1 aromatic rings. The fraction of sp³-hybridized carbons (Fsp3) is 0.545. The average Bonchev–Trinajstić information content (AvgIpc) is 2.15. The van der Waals surface area contributed by atoms with Crippen molar-refractivity contribution in [1.29, 1.82) is 0 Å². The maximum Gasteiger partial charge on any atom is 0.129 e. The molecule has 2 rings (SSSR count). The van der Waals surface area contributed by atoms with E-state index in [1.165, 1.54) is 24.8 Å². The Hall–Kier alpha value is -0.600. The predicted octanol–water partition coefficient (Wildman–Crippen LogP) is 2.41. The molecule has 0 aromatic carbocycles. The number of hydrogen-bond donors (Lipinski definition) is 1. The van der Waals surface area contributed by atoms with E-state index in [0.29, 0.717) is 10.6 Å². The van der Waals surface area contributed by atoms with Crippen molar-refractivity contribution in [1.82, 2.24) is 4.98 Å². The van der Waals surface area contributed by atoms with Gasteiger partial charge in [-0.3, -0.25) is 0 Å². The molecule has 2 nitrogen and oxygen atoms in total. The molecule has 2 N–H and O–H groups in total. The van der Waals surface area contributed by atoms with Crippen LogP contribution < -0.4 is 5.73 Å². The Bertz CT molecular complexity index is 298. The van der Waals surface area contributed by atoms with E-state index >= 15 is 0 Å². The third kappa shape index (κ3) is 1.91. The second-order valence-electron chi connectivity index (χ2n) is 4.22. The minimum atomic E-state index is 0.357. The summed E-state index contributed by atoms with van der Waals surface area (Å²) in [6, 6.07) is 3.89. The van der Waals surface area contributed by atoms with Crippen molar-refractivity contribution in [2.45, 2.75) is 25.7 Å². The molecule has 1 fully saturated rings. The van der Waals surface area contributed by atoms with Crippen LogP contribution >= 0.6 is 11.6 Å². The van der Waals surface area contributed by atoms with Gasteiger partial charge in [0.25, 0.3) is 0 Å². The number of pyridine rings is 1. The molecule has 0 atom stereocenters. The Morgan fingerprint density at radius 2 is 2.21 bits per heavy atom. The number of nitrogens with two attached hydrogens (primary N) is 1. The van der Waals surface area contributed by atoms with Crippen LogP contribution in [0, 0.1) is 5.41 Å². The van der Waals surface area contributed by atoms with Gasteiger partial charge in [-0.15, -0.1) is 0 Å². The van der Waals surface area contributed by atoms with Gasteiger partial charge >= 0.3 is 0 Å². The molecule has 0 amide bonds. The summed E-state index contributed by atoms with van der Waals surface area (Å²) >= 11 is 5.73. The van der Waals surface area contributed by atoms with Gasteiger partial charge in [-0.25, -0.2) is 4.98 Å². The third-order valence-corrected chi connectivity index (χ3v) is 3.44. The average molecular weight is 211 g/mol. The molecule has 1 heterocycles. The van der Waals surface area contributed by atoms with Gasteiger partial charge < -0.3 is 5.73 Å². The Labute approximate surface area is 89.5 Å². The smallest absolute Gasteiger partial charge is 0.129 e. The number of rotatable bonds is 3. The van der Waals surface area contributed by atoms with E-state index in [1.54, 1.807) is 0 Å². The largest absolute Gasteiger partial charge is 0.330 e. The summed E-state index contributed by atoms with van der Waals surface area (Å²) in [7, 11) is 0. The Morgan fingerprint density at radius 1 is 1.43 bits per heavy atom. The van der Waals surface area contributed by atoms with Crippen LogP contribution in [0.4, 0.5) is 0 Å². The molecule has 0 saturated heterocycles. The van der Waals surface area contributed by atoms with Crippen molar-refractivity contribution >= 4 is 11.6 Å². The van der Waals surface area contributed by atoms with Gasteiger partial charge in [0.1, 0.15) is 5.15 Å². The molecule has 0 radical (unpaired) electrons. The minimum absolute atomic E-state index is 0.357. The van der Waals surface area contributed by atoms with Crippen LogP contribution in [0.5, 0.6) is 0 Å². The quantitative estimate of drug-likeness (QED) is 0.779. The molecule has 0 unspecified atom stereocenters. The summed E-state index contributed by atoms with van der Waals surface area (Å²) < 4.78 is 0. The molecule has 1 saturated carbocycles. The first kappa shape index (κ1) is 9.94. The SMILES string of the molecule is NCC1(Cc2ccc(Cl)nc2)CCC1. The molecule has 14 heavy (non-hydrogen) atoms. The molecule has 0 spiro atoms. The zero-order chi connectivity index (χ0) is 10.0. The van der Waals surface area contributed by atoms with Gasteiger partial charge in [0.15, 0.2) is 0 Å². The van der Waals surface area contributed by atoms with Crippen molar-refractivity contribution in [3.63, 3.8) is 0 Å². The number of hydrogen-bond acceptors (Lipinski definition) is 2. The summed E-state index contributed by atoms with van der Waals surface area (Å²) in [4.78, 5) is 4.08. The van der Waals surface area contributed by atoms with Gasteiger partial charge in [-0.05, 0) is 42.9 Å². The summed E-state index contributed by atoms with van der Waals surface area (Å²) in [6.45, 7) is 0.787. The topological polar surface area (TPSA) is 38.9 Å². The fourth-order valence-corrected chi connectivity index (χ4v) is 2.19. The van der Waals surface area contributed by atoms with Crippen LogP contribution in [0.25, 0.3) is 0 Å². The van der Waals surface area contributed by atoms with Crippen LogP contribution in [0.3, 0.4) is 0 Å². The molecule has 3 heteroatoms. The highest BCUT2D eigenvalue weighted by Gasteiger charge is 2.35. The van der Waals surface area contributed by atoms with Gasteiger partial charge in [0.05, 0.1) is 0 Å². The highest BCUT2D eigenvalue weighted by molar-refractivity contribution is 6.29. The molecule has 76 valence electrons. The van der Waals surface area contributed by atoms with E-state index in [1.807, 2.05) is 18.3 Å². The molecule has 0 aliphatic heterocycles. The lowest BCUT2D eigenvalue weighted by atomic mass is 9.65. The van der Waals surface area contributed by atoms with E-state index in [-0.39, 0.29) is 0 Å². The van der Waals surface area contributed by atoms with Crippen LogP contribution in [0.2, 0.25) is 5.15 Å². The monoisotopic (exact) mass is 210 g/mol. The second-order valence-corrected chi connectivity index (χ2v) is 4.61. The maximum atomic E-state index is 5.80. The Morgan fingerprint density at radius 3 is 2.64 bits per heavy atom. The minimum Gasteiger partial charge on any atom is -0.330 e. The van der Waals surface area contributed by atoms with Crippen molar-refractivity contribution in [3.8, 4) is 0 Å². The molecular formula is C11H15ClN2. The van der Waals surface area contributed by atoms with Crippen molar-refractivity contribution in [2.75, 3.05) is 6.54 Å². The number of aromatic nitrogens is 1. The normalized spacial score (nSPS) is 19.0. The fourth-order valence-electron chi connectivity index (χ4n) is 2.07. The van der Waals surface area contributed by atoms with E-state index < -0.39 is 0 Å². The van der Waals surface area contributed by atoms with Gasteiger partial charge in [0.2, 0.25) is 0 Å². The van der Waals surface area contributed by atoms with Gasteiger partial charge in [-0.1, -0.05) is 24.1 Å². The molecule has 1 aliphatic rings. The zero-order valence-electron chi connectivity index (χ0n) is 8.17. The lowest BCUT2D eigenvalue weighted by molar-refractivity contribution is 0.144. The van der Waals surface area contributed by atoms with Crippen molar-refractivity contribution in [2.24, 2.45) is 11.1 Å².